The van der Waals surface area contributed by atoms with Crippen LogP contribution in [-0.2, 0) is 36.8 Å². The van der Waals surface area contributed by atoms with E-state index in [2.05, 4.69) is 20.4 Å². The molecule has 0 spiro atoms. The first-order valence-corrected chi connectivity index (χ1v) is 12.9. The number of amides is 1. The van der Waals surface area contributed by atoms with Crippen LogP contribution in [0.5, 0.6) is 0 Å². The Hall–Kier alpha value is -3.86. The third-order valence-corrected chi connectivity index (χ3v) is 7.00. The summed E-state index contributed by atoms with van der Waals surface area (Å²) in [6.07, 6.45) is 0.0496. The highest BCUT2D eigenvalue weighted by atomic mass is 35.5. The molecule has 2 aromatic heterocycles. The third-order valence-electron chi connectivity index (χ3n) is 6.74. The van der Waals surface area contributed by atoms with Crippen LogP contribution in [0.3, 0.4) is 0 Å². The maximum Gasteiger partial charge on any atom is 0.435 e. The summed E-state index contributed by atoms with van der Waals surface area (Å²) in [5.74, 6) is -2.21. The highest BCUT2D eigenvalue weighted by molar-refractivity contribution is 6.30. The van der Waals surface area contributed by atoms with Gasteiger partial charge in [0.1, 0.15) is 24.5 Å². The molecular weight excluding hydrogens is 553 g/mol. The maximum atomic E-state index is 14.0. The van der Waals surface area contributed by atoms with E-state index in [1.807, 2.05) is 0 Å². The molecule has 1 aliphatic carbocycles. The highest BCUT2D eigenvalue weighted by Gasteiger charge is 2.39. The molecule has 5 rings (SSSR count). The number of carbonyl (C=O) groups is 1. The zero-order valence-corrected chi connectivity index (χ0v) is 21.7. The lowest BCUT2D eigenvalue weighted by atomic mass is 9.95. The smallest absolute Gasteiger partial charge is 0.346 e. The van der Waals surface area contributed by atoms with Gasteiger partial charge in [0.05, 0.1) is 11.7 Å². The molecular formula is C28H23ClF5N5O. The van der Waals surface area contributed by atoms with E-state index in [-0.39, 0.29) is 24.0 Å². The summed E-state index contributed by atoms with van der Waals surface area (Å²) in [4.78, 5) is 21.7. The highest BCUT2D eigenvalue weighted by Crippen LogP contribution is 2.36. The molecule has 0 saturated heterocycles. The fourth-order valence-electron chi connectivity index (χ4n) is 5.05. The lowest BCUT2D eigenvalue weighted by molar-refractivity contribution is -0.142. The van der Waals surface area contributed by atoms with Crippen LogP contribution in [0.2, 0.25) is 5.02 Å². The monoisotopic (exact) mass is 575 g/mol. The van der Waals surface area contributed by atoms with Crippen LogP contribution in [0.25, 0.3) is 11.1 Å². The first-order chi connectivity index (χ1) is 19.1. The molecule has 12 heteroatoms. The Morgan fingerprint density at radius 1 is 1.05 bits per heavy atom. The number of aromatic nitrogens is 4. The van der Waals surface area contributed by atoms with Crippen LogP contribution < -0.4 is 5.32 Å². The standard InChI is InChI=1S/C28H23ClF5N5O/c29-18-7-5-17(6-8-18)22-13-35-15-36-26(22)23(11-16-9-19(30)12-20(31)10-16)37-25(40)14-39-24-4-2-1-3-21(24)27(38-39)28(32,33)34/h5-10,12-13,15,23H,1-4,11,14H2,(H,37,40). The number of benzene rings is 2. The summed E-state index contributed by atoms with van der Waals surface area (Å²) in [5.41, 5.74) is 1.37. The topological polar surface area (TPSA) is 72.7 Å². The number of halogens is 6. The molecule has 0 saturated carbocycles. The van der Waals surface area contributed by atoms with Gasteiger partial charge < -0.3 is 5.32 Å². The summed E-state index contributed by atoms with van der Waals surface area (Å²) < 4.78 is 70.0. The number of nitrogens with zero attached hydrogens (tertiary/aromatic N) is 4. The quantitative estimate of drug-likeness (QED) is 0.264. The summed E-state index contributed by atoms with van der Waals surface area (Å²) in [5, 5.41) is 7.06. The molecule has 0 bridgehead atoms. The van der Waals surface area contributed by atoms with Gasteiger partial charge in [-0.15, -0.1) is 0 Å². The van der Waals surface area contributed by atoms with Crippen LogP contribution in [0.4, 0.5) is 22.0 Å². The van der Waals surface area contributed by atoms with Gasteiger partial charge in [-0.2, -0.15) is 18.3 Å². The second-order valence-electron chi connectivity index (χ2n) is 9.57. The molecule has 208 valence electrons. The van der Waals surface area contributed by atoms with E-state index in [4.69, 9.17) is 11.6 Å². The van der Waals surface area contributed by atoms with Gasteiger partial charge in [0, 0.05) is 34.1 Å². The lowest BCUT2D eigenvalue weighted by Gasteiger charge is -2.22. The minimum Gasteiger partial charge on any atom is -0.346 e. The van der Waals surface area contributed by atoms with Gasteiger partial charge in [0.15, 0.2) is 5.69 Å². The summed E-state index contributed by atoms with van der Waals surface area (Å²) in [6, 6.07) is 8.93. The van der Waals surface area contributed by atoms with Crippen molar-refractivity contribution in [2.24, 2.45) is 0 Å². The second kappa shape index (κ2) is 11.3. The third kappa shape index (κ3) is 6.14. The lowest BCUT2D eigenvalue weighted by Crippen LogP contribution is -2.34. The van der Waals surface area contributed by atoms with Gasteiger partial charge in [-0.1, -0.05) is 23.7 Å². The number of carbonyl (C=O) groups excluding carboxylic acids is 1. The minimum absolute atomic E-state index is 0.0525. The molecule has 1 unspecified atom stereocenters. The number of fused-ring (bicyclic) bond motifs is 1. The first kappa shape index (κ1) is 27.7. The summed E-state index contributed by atoms with van der Waals surface area (Å²) >= 11 is 6.03. The van der Waals surface area contributed by atoms with Gasteiger partial charge in [0.2, 0.25) is 5.91 Å². The van der Waals surface area contributed by atoms with Crippen molar-refractivity contribution < 1.29 is 26.7 Å². The molecule has 0 aliphatic heterocycles. The molecule has 1 aliphatic rings. The number of rotatable bonds is 7. The van der Waals surface area contributed by atoms with Gasteiger partial charge in [-0.05, 0) is 67.5 Å². The summed E-state index contributed by atoms with van der Waals surface area (Å²) in [7, 11) is 0. The number of nitrogens with one attached hydrogen (secondary N) is 1. The van der Waals surface area contributed by atoms with E-state index in [1.165, 1.54) is 12.5 Å². The molecule has 1 N–H and O–H groups in total. The van der Waals surface area contributed by atoms with Crippen molar-refractivity contribution in [1.29, 1.82) is 0 Å². The van der Waals surface area contributed by atoms with Crippen molar-refractivity contribution in [3.05, 3.63) is 99.9 Å². The Labute approximate surface area is 231 Å². The zero-order valence-electron chi connectivity index (χ0n) is 21.0. The van der Waals surface area contributed by atoms with Gasteiger partial charge in [-0.3, -0.25) is 9.48 Å². The Morgan fingerprint density at radius 2 is 1.75 bits per heavy atom. The van der Waals surface area contributed by atoms with Crippen molar-refractivity contribution in [2.75, 3.05) is 0 Å². The van der Waals surface area contributed by atoms with Crippen molar-refractivity contribution >= 4 is 17.5 Å². The number of hydrogen-bond donors (Lipinski definition) is 1. The predicted molar refractivity (Wildman–Crippen MR) is 137 cm³/mol. The molecule has 2 heterocycles. The van der Waals surface area contributed by atoms with Crippen LogP contribution in [-0.4, -0.2) is 25.7 Å². The molecule has 0 radical (unpaired) electrons. The Kier molecular flexibility index (Phi) is 7.84. The molecule has 2 aromatic carbocycles. The number of hydrogen-bond acceptors (Lipinski definition) is 4. The summed E-state index contributed by atoms with van der Waals surface area (Å²) in [6.45, 7) is -0.464. The van der Waals surface area contributed by atoms with Crippen LogP contribution in [0.1, 0.15) is 47.1 Å². The fraction of sp³-hybridized carbons (Fsp3) is 0.286. The molecule has 6 nitrogen and oxygen atoms in total. The van der Waals surface area contributed by atoms with Gasteiger partial charge in [-0.25, -0.2) is 18.7 Å². The van der Waals surface area contributed by atoms with Crippen LogP contribution in [0.15, 0.2) is 55.0 Å². The fourth-order valence-corrected chi connectivity index (χ4v) is 5.18. The Bertz CT molecular complexity index is 1520. The molecule has 1 atom stereocenters. The van der Waals surface area contributed by atoms with Crippen molar-refractivity contribution in [2.45, 2.75) is 50.9 Å². The van der Waals surface area contributed by atoms with Gasteiger partial charge in [0.25, 0.3) is 0 Å². The molecule has 40 heavy (non-hydrogen) atoms. The minimum atomic E-state index is -4.64. The molecule has 0 fully saturated rings. The van der Waals surface area contributed by atoms with Crippen molar-refractivity contribution in [3.63, 3.8) is 0 Å². The average Bonchev–Trinajstić information content (AvgIpc) is 3.27. The van der Waals surface area contributed by atoms with E-state index in [0.29, 0.717) is 46.8 Å². The largest absolute Gasteiger partial charge is 0.435 e. The second-order valence-corrected chi connectivity index (χ2v) is 10.0. The zero-order chi connectivity index (χ0) is 28.4. The van der Waals surface area contributed by atoms with Crippen LogP contribution in [0, 0.1) is 11.6 Å². The maximum absolute atomic E-state index is 14.0. The predicted octanol–water partition coefficient (Wildman–Crippen LogP) is 6.27. The van der Waals surface area contributed by atoms with E-state index < -0.39 is 42.0 Å². The van der Waals surface area contributed by atoms with E-state index in [1.54, 1.807) is 24.3 Å². The Balaban J connectivity index is 1.49. The van der Waals surface area contributed by atoms with Crippen LogP contribution >= 0.6 is 11.6 Å². The van der Waals surface area contributed by atoms with E-state index in [0.717, 1.165) is 22.9 Å². The first-order valence-electron chi connectivity index (χ1n) is 12.5. The van der Waals surface area contributed by atoms with E-state index >= 15 is 0 Å². The van der Waals surface area contributed by atoms with Crippen molar-refractivity contribution in [1.82, 2.24) is 25.1 Å². The van der Waals surface area contributed by atoms with Crippen molar-refractivity contribution in [3.8, 4) is 11.1 Å². The normalized spacial score (nSPS) is 14.1. The molecule has 1 amide bonds. The Morgan fingerprint density at radius 3 is 2.45 bits per heavy atom. The van der Waals surface area contributed by atoms with Gasteiger partial charge >= 0.3 is 6.18 Å². The molecule has 4 aromatic rings. The average molecular weight is 576 g/mol. The van der Waals surface area contributed by atoms with E-state index in [9.17, 15) is 26.7 Å². The SMILES string of the molecule is O=C(Cn1nc(C(F)(F)F)c2c1CCCC2)NC(Cc1cc(F)cc(F)c1)c1ncncc1-c1ccc(Cl)cc1. The number of alkyl halides is 3.